The largest absolute Gasteiger partial charge is 0.320 e. The Balaban J connectivity index is 2.50. The number of aliphatic imine (C=N–C) groups is 2. The molecule has 0 fully saturated rings. The Morgan fingerprint density at radius 2 is 1.94 bits per heavy atom. The van der Waals surface area contributed by atoms with E-state index in [2.05, 4.69) is 55.4 Å². The molecule has 33 heavy (non-hydrogen) atoms. The fourth-order valence-corrected chi connectivity index (χ4v) is 4.05. The summed E-state index contributed by atoms with van der Waals surface area (Å²) < 4.78 is 14.3. The molecule has 0 aliphatic rings. The van der Waals surface area contributed by atoms with Gasteiger partial charge in [0.2, 0.25) is 0 Å². The molecule has 1 aromatic rings. The molecule has 0 heterocycles. The lowest BCUT2D eigenvalue weighted by atomic mass is 9.88. The van der Waals surface area contributed by atoms with E-state index in [0.717, 1.165) is 73.9 Å². The van der Waals surface area contributed by atoms with Crippen LogP contribution < -0.4 is 5.32 Å². The second-order valence-electron chi connectivity index (χ2n) is 10.5. The van der Waals surface area contributed by atoms with Gasteiger partial charge in [-0.2, -0.15) is 0 Å². The molecule has 3 nitrogen and oxygen atoms in total. The van der Waals surface area contributed by atoms with E-state index in [1.165, 1.54) is 6.42 Å². The fourth-order valence-electron chi connectivity index (χ4n) is 4.05. The Morgan fingerprint density at radius 1 is 1.18 bits per heavy atom. The number of nitrogens with one attached hydrogen (secondary N) is 1. The van der Waals surface area contributed by atoms with Crippen LogP contribution in [0.2, 0.25) is 0 Å². The molecule has 0 spiro atoms. The zero-order chi connectivity index (χ0) is 24.7. The van der Waals surface area contributed by atoms with E-state index in [0.29, 0.717) is 12.3 Å². The van der Waals surface area contributed by atoms with Gasteiger partial charge in [-0.25, -0.2) is 4.39 Å². The van der Waals surface area contributed by atoms with E-state index in [9.17, 15) is 4.39 Å². The Labute approximate surface area is 202 Å². The van der Waals surface area contributed by atoms with Gasteiger partial charge in [0.25, 0.3) is 0 Å². The van der Waals surface area contributed by atoms with Crippen molar-refractivity contribution in [3.63, 3.8) is 0 Å². The van der Waals surface area contributed by atoms with Gasteiger partial charge in [-0.05, 0) is 99.9 Å². The van der Waals surface area contributed by atoms with E-state index >= 15 is 0 Å². The number of benzene rings is 1. The summed E-state index contributed by atoms with van der Waals surface area (Å²) >= 11 is 0. The van der Waals surface area contributed by atoms with Crippen LogP contribution in [0.15, 0.2) is 52.1 Å². The summed E-state index contributed by atoms with van der Waals surface area (Å²) in [5.74, 6) is 0.545. The molecular formula is C29H46FN3. The maximum atomic E-state index is 14.3. The van der Waals surface area contributed by atoms with Crippen molar-refractivity contribution in [3.05, 3.63) is 59.1 Å². The molecule has 0 bridgehead atoms. The molecule has 1 atom stereocenters. The quantitative estimate of drug-likeness (QED) is 0.158. The molecule has 1 aromatic carbocycles. The number of aryl methyl sites for hydroxylation is 1. The topological polar surface area (TPSA) is 36.8 Å². The van der Waals surface area contributed by atoms with Crippen molar-refractivity contribution < 1.29 is 4.39 Å². The third-order valence-electron chi connectivity index (χ3n) is 5.66. The fraction of sp³-hybridized carbons (Fsp3) is 0.586. The molecule has 1 unspecified atom stereocenters. The Kier molecular flexibility index (Phi) is 13.8. The average molecular weight is 456 g/mol. The summed E-state index contributed by atoms with van der Waals surface area (Å²) in [5, 5.41) is 3.28. The molecule has 0 radical (unpaired) electrons. The predicted octanol–water partition coefficient (Wildman–Crippen LogP) is 7.36. The lowest BCUT2D eigenvalue weighted by Crippen LogP contribution is -2.14. The minimum Gasteiger partial charge on any atom is -0.320 e. The second kappa shape index (κ2) is 15.7. The molecule has 1 N–H and O–H groups in total. The number of allylic oxidation sites excluding steroid dienone is 2. The monoisotopic (exact) mass is 455 g/mol. The number of nitrogens with zero attached hydrogens (tertiary/aromatic N) is 2. The molecule has 184 valence electrons. The highest BCUT2D eigenvalue weighted by Crippen LogP contribution is 2.23. The third-order valence-corrected chi connectivity index (χ3v) is 5.66. The predicted molar refractivity (Wildman–Crippen MR) is 144 cm³/mol. The highest BCUT2D eigenvalue weighted by Gasteiger charge is 2.12. The number of hydrogen-bond acceptors (Lipinski definition) is 3. The van der Waals surface area contributed by atoms with Crippen molar-refractivity contribution >= 4 is 12.9 Å². The van der Waals surface area contributed by atoms with Gasteiger partial charge in [-0.1, -0.05) is 57.9 Å². The lowest BCUT2D eigenvalue weighted by molar-refractivity contribution is 0.403. The summed E-state index contributed by atoms with van der Waals surface area (Å²) in [6, 6.07) is 5.68. The zero-order valence-electron chi connectivity index (χ0n) is 21.7. The first-order chi connectivity index (χ1) is 15.6. The lowest BCUT2D eigenvalue weighted by Gasteiger charge is -2.18. The van der Waals surface area contributed by atoms with E-state index < -0.39 is 0 Å². The maximum absolute atomic E-state index is 14.3. The molecular weight excluding hydrogens is 409 g/mol. The van der Waals surface area contributed by atoms with Crippen molar-refractivity contribution in [2.75, 3.05) is 20.1 Å². The number of unbranched alkanes of at least 4 members (excludes halogenated alkanes) is 1. The normalized spacial score (nSPS) is 13.5. The molecule has 0 aromatic heterocycles. The Hall–Kier alpha value is -2.07. The third kappa shape index (κ3) is 13.9. The van der Waals surface area contributed by atoms with E-state index in [4.69, 9.17) is 0 Å². The Morgan fingerprint density at radius 3 is 2.55 bits per heavy atom. The van der Waals surface area contributed by atoms with Crippen LogP contribution in [0, 0.1) is 17.2 Å². The number of halogens is 1. The van der Waals surface area contributed by atoms with Crippen molar-refractivity contribution in [2.45, 2.75) is 79.1 Å². The number of hydrogen-bond donors (Lipinski definition) is 1. The van der Waals surface area contributed by atoms with E-state index in [1.54, 1.807) is 6.07 Å². The second-order valence-corrected chi connectivity index (χ2v) is 10.5. The van der Waals surface area contributed by atoms with Crippen molar-refractivity contribution in [1.29, 1.82) is 0 Å². The molecule has 0 saturated carbocycles. The zero-order valence-corrected chi connectivity index (χ0v) is 21.7. The first kappa shape index (κ1) is 29.0. The van der Waals surface area contributed by atoms with Gasteiger partial charge in [-0.3, -0.25) is 9.98 Å². The SMILES string of the molecule is C=N/C=C(\C=NCCC(CCCCc1ccc(CC(=C)C)c(F)c1)CCNC)CC(C)(C)C. The van der Waals surface area contributed by atoms with Gasteiger partial charge < -0.3 is 5.32 Å². The number of rotatable bonds is 16. The maximum Gasteiger partial charge on any atom is 0.126 e. The summed E-state index contributed by atoms with van der Waals surface area (Å²) in [6.45, 7) is 17.9. The standard InChI is InChI=1S/C29H46FN3/c1-23(2)18-27-13-12-25(19-28(27)30)11-9-8-10-24(14-16-31-6)15-17-33-22-26(21-32-7)20-29(3,4)5/h12-13,19,21-22,24,31H,1,7-11,14-18,20H2,2-6H3/b26-21-,33-22?. The van der Waals surface area contributed by atoms with Crippen LogP contribution in [0.4, 0.5) is 4.39 Å². The van der Waals surface area contributed by atoms with Gasteiger partial charge >= 0.3 is 0 Å². The summed E-state index contributed by atoms with van der Waals surface area (Å²) in [5.41, 5.74) is 4.14. The van der Waals surface area contributed by atoms with Crippen molar-refractivity contribution in [2.24, 2.45) is 21.3 Å². The summed E-state index contributed by atoms with van der Waals surface area (Å²) in [7, 11) is 2.01. The first-order valence-corrected chi connectivity index (χ1v) is 12.4. The van der Waals surface area contributed by atoms with Crippen molar-refractivity contribution in [1.82, 2.24) is 5.32 Å². The van der Waals surface area contributed by atoms with Gasteiger partial charge in [0.05, 0.1) is 0 Å². The van der Waals surface area contributed by atoms with E-state index in [-0.39, 0.29) is 11.2 Å². The van der Waals surface area contributed by atoms with Gasteiger partial charge in [0.15, 0.2) is 0 Å². The van der Waals surface area contributed by atoms with Crippen LogP contribution in [-0.4, -0.2) is 33.1 Å². The summed E-state index contributed by atoms with van der Waals surface area (Å²) in [6.07, 6.45) is 11.9. The van der Waals surface area contributed by atoms with Gasteiger partial charge in [0, 0.05) is 19.0 Å². The first-order valence-electron chi connectivity index (χ1n) is 12.4. The highest BCUT2D eigenvalue weighted by atomic mass is 19.1. The van der Waals surface area contributed by atoms with Gasteiger partial charge in [-0.15, -0.1) is 0 Å². The van der Waals surface area contributed by atoms with Gasteiger partial charge in [0.1, 0.15) is 5.82 Å². The molecule has 0 aliphatic carbocycles. The average Bonchev–Trinajstić information content (AvgIpc) is 2.72. The smallest absolute Gasteiger partial charge is 0.126 e. The molecule has 0 aliphatic heterocycles. The molecule has 4 heteroatoms. The minimum atomic E-state index is -0.105. The Bertz CT molecular complexity index is 787. The molecule has 1 rings (SSSR count). The van der Waals surface area contributed by atoms with Crippen LogP contribution >= 0.6 is 0 Å². The van der Waals surface area contributed by atoms with E-state index in [1.807, 2.05) is 32.5 Å². The summed E-state index contributed by atoms with van der Waals surface area (Å²) in [4.78, 5) is 8.62. The van der Waals surface area contributed by atoms with Crippen LogP contribution in [0.25, 0.3) is 0 Å². The molecule has 0 amide bonds. The van der Waals surface area contributed by atoms with Crippen molar-refractivity contribution in [3.8, 4) is 0 Å². The minimum absolute atomic E-state index is 0.105. The highest BCUT2D eigenvalue weighted by molar-refractivity contribution is 5.78. The van der Waals surface area contributed by atoms with Crippen LogP contribution in [0.5, 0.6) is 0 Å². The molecule has 0 saturated heterocycles. The van der Waals surface area contributed by atoms with Crippen LogP contribution in [0.3, 0.4) is 0 Å². The van der Waals surface area contributed by atoms with Crippen LogP contribution in [-0.2, 0) is 12.8 Å². The van der Waals surface area contributed by atoms with Crippen LogP contribution in [0.1, 0.15) is 77.3 Å².